The number of aryl methyl sites for hydroxylation is 1. The van der Waals surface area contributed by atoms with Crippen molar-refractivity contribution in [1.29, 1.82) is 0 Å². The van der Waals surface area contributed by atoms with Crippen LogP contribution in [0.15, 0.2) is 39.7 Å². The summed E-state index contributed by atoms with van der Waals surface area (Å²) in [5, 5.41) is 11.5. The molecule has 1 aromatic heterocycles. The van der Waals surface area contributed by atoms with E-state index in [0.29, 0.717) is 26.4 Å². The molecule has 112 valence electrons. The number of thiocarbonyl (C=S) groups is 1. The second kappa shape index (κ2) is 5.96. The average Bonchev–Trinajstić information content (AvgIpc) is 3.06. The molecule has 1 fully saturated rings. The van der Waals surface area contributed by atoms with E-state index in [-0.39, 0.29) is 5.91 Å². The highest BCUT2D eigenvalue weighted by Crippen LogP contribution is 2.30. The van der Waals surface area contributed by atoms with Gasteiger partial charge in [0.05, 0.1) is 10.6 Å². The van der Waals surface area contributed by atoms with Crippen molar-refractivity contribution in [2.45, 2.75) is 6.92 Å². The van der Waals surface area contributed by atoms with Crippen molar-refractivity contribution in [2.24, 2.45) is 0 Å². The van der Waals surface area contributed by atoms with Crippen molar-refractivity contribution in [3.63, 3.8) is 0 Å². The minimum Gasteiger partial charge on any atom is -0.457 e. The molecule has 0 saturated carbocycles. The van der Waals surface area contributed by atoms with Gasteiger partial charge in [-0.25, -0.2) is 0 Å². The summed E-state index contributed by atoms with van der Waals surface area (Å²) in [4.78, 5) is 12.1. The molecule has 1 aliphatic rings. The number of furan rings is 1. The standard InChI is InChI=1S/C15H12N2O3S2/c1-8-6-9(2-4-11(8)17-19)12-5-3-10(20-12)7-13-14(18)16-15(21)22-13/h2-7,17,19H,1H3,(H,16,18,21)/b13-7-. The number of anilines is 1. The predicted molar refractivity (Wildman–Crippen MR) is 90.6 cm³/mol. The van der Waals surface area contributed by atoms with Crippen molar-refractivity contribution in [3.05, 3.63) is 46.6 Å². The first-order valence-corrected chi connectivity index (χ1v) is 7.65. The van der Waals surface area contributed by atoms with E-state index in [2.05, 4.69) is 10.8 Å². The van der Waals surface area contributed by atoms with E-state index in [4.69, 9.17) is 21.8 Å². The number of carbonyl (C=O) groups is 1. The molecule has 3 N–H and O–H groups in total. The number of benzene rings is 1. The summed E-state index contributed by atoms with van der Waals surface area (Å²) in [5.74, 6) is 1.06. The average molecular weight is 332 g/mol. The van der Waals surface area contributed by atoms with Crippen LogP contribution in [0.25, 0.3) is 17.4 Å². The molecule has 1 amide bonds. The van der Waals surface area contributed by atoms with E-state index < -0.39 is 0 Å². The molecule has 0 bridgehead atoms. The molecule has 3 rings (SSSR count). The van der Waals surface area contributed by atoms with Gasteiger partial charge in [0.15, 0.2) is 0 Å². The Labute approximate surface area is 136 Å². The van der Waals surface area contributed by atoms with Gasteiger partial charge in [-0.2, -0.15) is 0 Å². The Morgan fingerprint density at radius 1 is 1.36 bits per heavy atom. The van der Waals surface area contributed by atoms with Crippen LogP contribution in [0.4, 0.5) is 5.69 Å². The second-order valence-electron chi connectivity index (χ2n) is 4.70. The fourth-order valence-electron chi connectivity index (χ4n) is 2.08. The number of hydrogen-bond donors (Lipinski definition) is 3. The monoisotopic (exact) mass is 332 g/mol. The molecule has 0 spiro atoms. The Bertz CT molecular complexity index is 796. The van der Waals surface area contributed by atoms with Gasteiger partial charge in [-0.05, 0) is 42.8 Å². The topological polar surface area (TPSA) is 74.5 Å². The molecule has 22 heavy (non-hydrogen) atoms. The summed E-state index contributed by atoms with van der Waals surface area (Å²) in [6, 6.07) is 9.14. The van der Waals surface area contributed by atoms with Crippen LogP contribution in [0, 0.1) is 6.92 Å². The van der Waals surface area contributed by atoms with Crippen molar-refractivity contribution in [2.75, 3.05) is 5.48 Å². The van der Waals surface area contributed by atoms with E-state index in [1.165, 1.54) is 11.8 Å². The van der Waals surface area contributed by atoms with Crippen LogP contribution in [-0.4, -0.2) is 15.4 Å². The van der Waals surface area contributed by atoms with Gasteiger partial charge >= 0.3 is 0 Å². The number of rotatable bonds is 3. The van der Waals surface area contributed by atoms with Crippen molar-refractivity contribution in [3.8, 4) is 11.3 Å². The first-order valence-electron chi connectivity index (χ1n) is 6.42. The zero-order valence-electron chi connectivity index (χ0n) is 11.5. The zero-order valence-corrected chi connectivity index (χ0v) is 13.2. The van der Waals surface area contributed by atoms with Crippen LogP contribution in [0.1, 0.15) is 11.3 Å². The van der Waals surface area contributed by atoms with Gasteiger partial charge in [-0.1, -0.05) is 24.0 Å². The van der Waals surface area contributed by atoms with Gasteiger partial charge in [0.2, 0.25) is 0 Å². The molecule has 0 radical (unpaired) electrons. The summed E-state index contributed by atoms with van der Waals surface area (Å²) in [6.07, 6.45) is 1.67. The fourth-order valence-corrected chi connectivity index (χ4v) is 3.10. The van der Waals surface area contributed by atoms with E-state index in [1.54, 1.807) is 18.2 Å². The SMILES string of the molecule is Cc1cc(-c2ccc(/C=C3\SC(=S)NC3=O)o2)ccc1NO. The first kappa shape index (κ1) is 14.8. The lowest BCUT2D eigenvalue weighted by Gasteiger charge is -2.05. The smallest absolute Gasteiger partial charge is 0.263 e. The molecule has 0 unspecified atom stereocenters. The van der Waals surface area contributed by atoms with Crippen molar-refractivity contribution >= 4 is 46.0 Å². The quantitative estimate of drug-likeness (QED) is 0.453. The molecule has 0 atom stereocenters. The minimum absolute atomic E-state index is 0.206. The molecule has 0 aliphatic carbocycles. The van der Waals surface area contributed by atoms with Gasteiger partial charge in [-0.3, -0.25) is 15.5 Å². The number of hydrogen-bond acceptors (Lipinski definition) is 6. The second-order valence-corrected chi connectivity index (χ2v) is 6.41. The molecule has 1 aromatic carbocycles. The highest BCUT2D eigenvalue weighted by atomic mass is 32.2. The highest BCUT2D eigenvalue weighted by Gasteiger charge is 2.22. The lowest BCUT2D eigenvalue weighted by molar-refractivity contribution is -0.115. The third kappa shape index (κ3) is 2.92. The van der Waals surface area contributed by atoms with Gasteiger partial charge in [-0.15, -0.1) is 0 Å². The van der Waals surface area contributed by atoms with Gasteiger partial charge < -0.3 is 9.73 Å². The number of carbonyl (C=O) groups excluding carboxylic acids is 1. The fraction of sp³-hybridized carbons (Fsp3) is 0.0667. The molecular weight excluding hydrogens is 320 g/mol. The van der Waals surface area contributed by atoms with Crippen molar-refractivity contribution < 1.29 is 14.4 Å². The predicted octanol–water partition coefficient (Wildman–Crippen LogP) is 3.54. The van der Waals surface area contributed by atoms with Crippen LogP contribution in [0.2, 0.25) is 0 Å². The van der Waals surface area contributed by atoms with Crippen LogP contribution >= 0.6 is 24.0 Å². The maximum atomic E-state index is 11.6. The Morgan fingerprint density at radius 3 is 2.82 bits per heavy atom. The van der Waals surface area contributed by atoms with Crippen LogP contribution in [-0.2, 0) is 4.79 Å². The van der Waals surface area contributed by atoms with Crippen LogP contribution < -0.4 is 10.8 Å². The maximum absolute atomic E-state index is 11.6. The largest absolute Gasteiger partial charge is 0.457 e. The van der Waals surface area contributed by atoms with E-state index in [1.807, 2.05) is 25.1 Å². The molecule has 1 saturated heterocycles. The minimum atomic E-state index is -0.206. The molecular formula is C15H12N2O3S2. The first-order chi connectivity index (χ1) is 10.6. The van der Waals surface area contributed by atoms with E-state index in [0.717, 1.165) is 11.1 Å². The number of amides is 1. The third-order valence-electron chi connectivity index (χ3n) is 3.17. The van der Waals surface area contributed by atoms with E-state index in [9.17, 15) is 4.79 Å². The van der Waals surface area contributed by atoms with Gasteiger partial charge in [0.1, 0.15) is 15.8 Å². The molecule has 5 nitrogen and oxygen atoms in total. The Morgan fingerprint density at radius 2 is 2.18 bits per heavy atom. The summed E-state index contributed by atoms with van der Waals surface area (Å²) >= 11 is 6.16. The lowest BCUT2D eigenvalue weighted by atomic mass is 10.1. The Balaban J connectivity index is 1.88. The Hall–Kier alpha value is -2.09. The molecule has 1 aliphatic heterocycles. The van der Waals surface area contributed by atoms with Crippen molar-refractivity contribution in [1.82, 2.24) is 5.32 Å². The summed E-state index contributed by atoms with van der Waals surface area (Å²) in [5.41, 5.74) is 4.57. The van der Waals surface area contributed by atoms with Gasteiger partial charge in [0.25, 0.3) is 5.91 Å². The summed E-state index contributed by atoms with van der Waals surface area (Å²) in [7, 11) is 0. The van der Waals surface area contributed by atoms with Gasteiger partial charge in [0, 0.05) is 11.6 Å². The summed E-state index contributed by atoms with van der Waals surface area (Å²) in [6.45, 7) is 1.88. The van der Waals surface area contributed by atoms with Crippen LogP contribution in [0.3, 0.4) is 0 Å². The number of thioether (sulfide) groups is 1. The summed E-state index contributed by atoms with van der Waals surface area (Å²) < 4.78 is 6.20. The molecule has 2 aromatic rings. The number of nitrogens with one attached hydrogen (secondary N) is 2. The lowest BCUT2D eigenvalue weighted by Crippen LogP contribution is -2.17. The zero-order chi connectivity index (χ0) is 15.7. The Kier molecular flexibility index (Phi) is 4.02. The molecule has 2 heterocycles. The third-order valence-corrected chi connectivity index (χ3v) is 4.34. The molecule has 7 heteroatoms. The van der Waals surface area contributed by atoms with Crippen LogP contribution in [0.5, 0.6) is 0 Å². The normalized spacial score (nSPS) is 16.2. The maximum Gasteiger partial charge on any atom is 0.263 e. The van der Waals surface area contributed by atoms with E-state index >= 15 is 0 Å². The highest BCUT2D eigenvalue weighted by molar-refractivity contribution is 8.26.